The van der Waals surface area contributed by atoms with Gasteiger partial charge in [-0.05, 0) is 157 Å². The Kier molecular flexibility index (Phi) is 14.3. The fraction of sp³-hybridized carbons (Fsp3) is 0.547. The van der Waals surface area contributed by atoms with Gasteiger partial charge in [-0.2, -0.15) is 0 Å². The largest absolute Gasteiger partial charge is 0.459 e. The summed E-state index contributed by atoms with van der Waals surface area (Å²) in [6.45, 7) is 18.8. The maximum atomic E-state index is 15.6. The highest BCUT2D eigenvalue weighted by Crippen LogP contribution is 2.76. The molecule has 0 bridgehead atoms. The summed E-state index contributed by atoms with van der Waals surface area (Å²) >= 11 is 0. The van der Waals surface area contributed by atoms with E-state index in [-0.39, 0.29) is 57.1 Å². The van der Waals surface area contributed by atoms with Gasteiger partial charge in [0.05, 0.1) is 28.4 Å². The van der Waals surface area contributed by atoms with Crippen molar-refractivity contribution in [2.45, 2.75) is 150 Å². The van der Waals surface area contributed by atoms with Gasteiger partial charge < -0.3 is 28.4 Å². The first-order valence-electron chi connectivity index (χ1n) is 27.6. The highest BCUT2D eigenvalue weighted by molar-refractivity contribution is 5.92. The average molecular weight is 1020 g/mol. The molecule has 6 fully saturated rings. The number of rotatable bonds is 11. The molecule has 1 unspecified atom stereocenters. The molecule has 16 atom stereocenters. The molecule has 1 aliphatic heterocycles. The topological polar surface area (TPSA) is 141 Å². The standard InChI is InChI=1S/C64H76O11/c1-39-31-33-61(5)35-36-62(6)45(51(61)40(39)2)29-30-48-63(62,7)34-32-47-60(3,4)50(37-49(65)64(47,48)8)72-59-54(75-58(69)44-27-19-12-20-28-44)53(74-57(68)43-25-17-11-18-26-43)52(73-56(67)42-23-15-10-16-24-42)46(71-59)38-70-55(66)41-21-13-9-14-22-41/h9-28,39-40,45-48,50-54,59H,29-38H2,1-8H3/t39-,40+,45-,46+,47+,48+,50?,51+,52-,53-,54+,59-,61-,62-,63-,64+/m1/s1. The zero-order chi connectivity index (χ0) is 53.1. The SMILES string of the molecule is C[C@@H]1[C@H]2[C@H]3CC[C@@H]4[C@@]5(C)C(=O)CC(O[C@H]6O[C@@H](COC(=O)c7ccccc7)[C@@H](OC(=O)c7ccccc7)[C@@H](OC(=O)c7ccccc7)[C@@H]6OC(=O)c6ccccc6)C(C)(C)[C@@H]5CC[C@@]4(C)[C@]3(C)CC[C@@]2(C)CC[C@H]1C. The molecule has 4 aromatic carbocycles. The number of fused-ring (bicyclic) bond motifs is 7. The number of ketones is 1. The van der Waals surface area contributed by atoms with Crippen LogP contribution in [-0.2, 0) is 33.2 Å². The molecule has 0 radical (unpaired) electrons. The Labute approximate surface area is 443 Å². The molecule has 6 aliphatic rings. The second kappa shape index (κ2) is 20.4. The molecule has 11 heteroatoms. The lowest BCUT2D eigenvalue weighted by atomic mass is 9.31. The van der Waals surface area contributed by atoms with Crippen molar-refractivity contribution in [1.82, 2.24) is 0 Å². The fourth-order valence-electron chi connectivity index (χ4n) is 16.4. The molecule has 4 aromatic rings. The molecule has 5 aliphatic carbocycles. The molecule has 0 spiro atoms. The maximum Gasteiger partial charge on any atom is 0.338 e. The fourth-order valence-corrected chi connectivity index (χ4v) is 16.4. The lowest BCUT2D eigenvalue weighted by molar-refractivity contribution is -0.325. The minimum Gasteiger partial charge on any atom is -0.459 e. The molecule has 11 nitrogen and oxygen atoms in total. The number of carbonyl (C=O) groups is 5. The number of ether oxygens (including phenoxy) is 6. The smallest absolute Gasteiger partial charge is 0.338 e. The predicted molar refractivity (Wildman–Crippen MR) is 282 cm³/mol. The Hall–Kier alpha value is -5.65. The number of benzene rings is 4. The summed E-state index contributed by atoms with van der Waals surface area (Å²) in [6, 6.07) is 33.4. The van der Waals surface area contributed by atoms with E-state index in [0.29, 0.717) is 29.1 Å². The molecular weight excluding hydrogens is 945 g/mol. The van der Waals surface area contributed by atoms with Crippen LogP contribution in [0.15, 0.2) is 121 Å². The van der Waals surface area contributed by atoms with Crippen LogP contribution in [0.5, 0.6) is 0 Å². The zero-order valence-corrected chi connectivity index (χ0v) is 45.0. The molecular formula is C64H76O11. The van der Waals surface area contributed by atoms with Crippen LogP contribution >= 0.6 is 0 Å². The van der Waals surface area contributed by atoms with Gasteiger partial charge in [0.1, 0.15) is 18.5 Å². The van der Waals surface area contributed by atoms with Gasteiger partial charge in [-0.25, -0.2) is 19.2 Å². The van der Waals surface area contributed by atoms with Crippen LogP contribution in [0.3, 0.4) is 0 Å². The van der Waals surface area contributed by atoms with Crippen LogP contribution < -0.4 is 0 Å². The van der Waals surface area contributed by atoms with E-state index >= 15 is 4.79 Å². The Bertz CT molecular complexity index is 2730. The van der Waals surface area contributed by atoms with E-state index in [1.165, 1.54) is 25.7 Å². The Morgan fingerprint density at radius 3 is 1.60 bits per heavy atom. The first-order valence-corrected chi connectivity index (χ1v) is 27.6. The number of hydrogen-bond donors (Lipinski definition) is 0. The number of Topliss-reactive ketones (excluding diaryl/α,β-unsaturated/α-hetero) is 1. The summed E-state index contributed by atoms with van der Waals surface area (Å²) in [6.07, 6.45) is 0.793. The molecule has 10 rings (SSSR count). The van der Waals surface area contributed by atoms with Crippen molar-refractivity contribution in [2.24, 2.45) is 62.6 Å². The van der Waals surface area contributed by atoms with Crippen molar-refractivity contribution in [3.8, 4) is 0 Å². The van der Waals surface area contributed by atoms with Gasteiger partial charge in [0.25, 0.3) is 0 Å². The first kappa shape index (κ1) is 52.8. The van der Waals surface area contributed by atoms with Crippen molar-refractivity contribution < 1.29 is 52.4 Å². The Balaban J connectivity index is 1.01. The van der Waals surface area contributed by atoms with Crippen molar-refractivity contribution >= 4 is 29.7 Å². The van der Waals surface area contributed by atoms with Crippen LogP contribution in [0.4, 0.5) is 0 Å². The van der Waals surface area contributed by atoms with Crippen molar-refractivity contribution in [3.05, 3.63) is 144 Å². The van der Waals surface area contributed by atoms with E-state index in [0.717, 1.165) is 25.7 Å². The van der Waals surface area contributed by atoms with Crippen molar-refractivity contribution in [1.29, 1.82) is 0 Å². The second-order valence-corrected chi connectivity index (χ2v) is 24.8. The molecule has 1 heterocycles. The zero-order valence-electron chi connectivity index (χ0n) is 45.0. The minimum atomic E-state index is -1.58. The Morgan fingerprint density at radius 2 is 1.05 bits per heavy atom. The summed E-state index contributed by atoms with van der Waals surface area (Å²) in [5.74, 6) is -0.125. The van der Waals surface area contributed by atoms with E-state index in [2.05, 4.69) is 55.4 Å². The summed E-state index contributed by atoms with van der Waals surface area (Å²) in [4.78, 5) is 72.2. The lowest BCUT2D eigenvalue weighted by Crippen LogP contribution is -2.70. The van der Waals surface area contributed by atoms with Crippen LogP contribution in [-0.4, -0.2) is 73.1 Å². The van der Waals surface area contributed by atoms with Gasteiger partial charge in [-0.1, -0.05) is 128 Å². The first-order chi connectivity index (χ1) is 35.8. The van der Waals surface area contributed by atoms with Crippen LogP contribution in [0.25, 0.3) is 0 Å². The summed E-state index contributed by atoms with van der Waals surface area (Å²) in [7, 11) is 0. The summed E-state index contributed by atoms with van der Waals surface area (Å²) in [5, 5.41) is 0. The van der Waals surface area contributed by atoms with Crippen LogP contribution in [0.2, 0.25) is 0 Å². The summed E-state index contributed by atoms with van der Waals surface area (Å²) in [5.41, 5.74) is -0.00342. The molecule has 398 valence electrons. The average Bonchev–Trinajstić information content (AvgIpc) is 3.44. The maximum absolute atomic E-state index is 15.6. The number of carbonyl (C=O) groups excluding carboxylic acids is 5. The predicted octanol–water partition coefficient (Wildman–Crippen LogP) is 12.6. The monoisotopic (exact) mass is 1020 g/mol. The van der Waals surface area contributed by atoms with Crippen LogP contribution in [0.1, 0.15) is 155 Å². The quantitative estimate of drug-likeness (QED) is 0.0805. The van der Waals surface area contributed by atoms with Crippen molar-refractivity contribution in [3.63, 3.8) is 0 Å². The third-order valence-corrected chi connectivity index (χ3v) is 20.9. The van der Waals surface area contributed by atoms with Crippen LogP contribution in [0, 0.1) is 62.6 Å². The van der Waals surface area contributed by atoms with Gasteiger partial charge >= 0.3 is 23.9 Å². The van der Waals surface area contributed by atoms with E-state index in [1.54, 1.807) is 121 Å². The van der Waals surface area contributed by atoms with Gasteiger partial charge in [0.2, 0.25) is 0 Å². The third-order valence-electron chi connectivity index (χ3n) is 20.9. The molecule has 0 amide bonds. The van der Waals surface area contributed by atoms with E-state index in [4.69, 9.17) is 28.4 Å². The molecule has 0 aromatic heterocycles. The number of hydrogen-bond acceptors (Lipinski definition) is 11. The normalized spacial score (nSPS) is 37.7. The van der Waals surface area contributed by atoms with E-state index < -0.39 is 78.1 Å². The van der Waals surface area contributed by atoms with Crippen molar-refractivity contribution in [2.75, 3.05) is 6.61 Å². The van der Waals surface area contributed by atoms with Gasteiger partial charge in [0.15, 0.2) is 24.6 Å². The Morgan fingerprint density at radius 1 is 0.547 bits per heavy atom. The molecule has 5 saturated carbocycles. The molecule has 1 saturated heterocycles. The highest BCUT2D eigenvalue weighted by Gasteiger charge is 2.72. The van der Waals surface area contributed by atoms with E-state index in [9.17, 15) is 19.2 Å². The number of esters is 4. The summed E-state index contributed by atoms with van der Waals surface area (Å²) < 4.78 is 39.1. The third kappa shape index (κ3) is 9.25. The van der Waals surface area contributed by atoms with Gasteiger partial charge in [-0.15, -0.1) is 0 Å². The highest BCUT2D eigenvalue weighted by atomic mass is 16.7. The van der Waals surface area contributed by atoms with E-state index in [1.807, 2.05) is 0 Å². The lowest BCUT2D eigenvalue weighted by Gasteiger charge is -2.73. The molecule has 75 heavy (non-hydrogen) atoms. The van der Waals surface area contributed by atoms with Gasteiger partial charge in [-0.3, -0.25) is 4.79 Å². The minimum absolute atomic E-state index is 0.0436. The second-order valence-electron chi connectivity index (χ2n) is 24.8. The molecule has 0 N–H and O–H groups in total. The van der Waals surface area contributed by atoms with Gasteiger partial charge in [0, 0.05) is 11.8 Å².